The van der Waals surface area contributed by atoms with Crippen LogP contribution in [-0.2, 0) is 9.53 Å². The molecule has 0 saturated heterocycles. The van der Waals surface area contributed by atoms with Crippen LogP contribution in [0.25, 0.3) is 0 Å². The van der Waals surface area contributed by atoms with Gasteiger partial charge in [0.2, 0.25) is 5.91 Å². The summed E-state index contributed by atoms with van der Waals surface area (Å²) in [5.41, 5.74) is -1.85. The predicted octanol–water partition coefficient (Wildman–Crippen LogP) is 9.40. The second-order valence-electron chi connectivity index (χ2n) is 10.5. The lowest BCUT2D eigenvalue weighted by atomic mass is 10.1. The normalized spacial score (nSPS) is 18.0. The summed E-state index contributed by atoms with van der Waals surface area (Å²) in [6.45, 7) is 10.4. The van der Waals surface area contributed by atoms with Crippen molar-refractivity contribution in [3.8, 4) is 0 Å². The topological polar surface area (TPSA) is 96.5 Å². The number of alkyl halides is 2. The smallest absolute Gasteiger partial charge is 0.412 e. The fourth-order valence-corrected chi connectivity index (χ4v) is 5.50. The third-order valence-electron chi connectivity index (χ3n) is 5.84. The lowest BCUT2D eigenvalue weighted by Crippen LogP contribution is -2.27. The zero-order chi connectivity index (χ0) is 32.4. The predicted molar refractivity (Wildman–Crippen MR) is 168 cm³/mol. The van der Waals surface area contributed by atoms with Gasteiger partial charge in [-0.3, -0.25) is 14.9 Å². The average molecular weight is 696 g/mol. The molecule has 0 spiro atoms. The first-order valence-electron chi connectivity index (χ1n) is 12.5. The maximum atomic E-state index is 15.1. The van der Waals surface area contributed by atoms with Crippen molar-refractivity contribution in [3.63, 3.8) is 0 Å². The molecule has 0 aromatic heterocycles. The van der Waals surface area contributed by atoms with Crippen LogP contribution in [0.2, 0.25) is 5.02 Å². The minimum absolute atomic E-state index is 0.0801. The Balaban J connectivity index is 1.77. The number of hydrogen-bond acceptors (Lipinski definition) is 4. The number of hydrogen-bond donors (Lipinski definition) is 3. The first kappa shape index (κ1) is 34.7. The van der Waals surface area contributed by atoms with E-state index in [0.29, 0.717) is 10.6 Å². The van der Waals surface area contributed by atoms with Crippen LogP contribution >= 0.6 is 58.0 Å². The molecule has 3 amide bonds. The quantitative estimate of drug-likeness (QED) is 0.189. The third-order valence-corrected chi connectivity index (χ3v) is 7.44. The Morgan fingerprint density at radius 3 is 2.26 bits per heavy atom. The van der Waals surface area contributed by atoms with Crippen molar-refractivity contribution >= 4 is 93.0 Å². The molecule has 0 radical (unpaired) electrons. The highest BCUT2D eigenvalue weighted by Gasteiger charge is 2.67. The van der Waals surface area contributed by atoms with Crippen LogP contribution in [-0.4, -0.2) is 27.8 Å². The number of rotatable bonds is 8. The first-order valence-corrected chi connectivity index (χ1v) is 14.4. The lowest BCUT2D eigenvalue weighted by molar-refractivity contribution is -0.117. The molecular weight excluding hydrogens is 670 g/mol. The molecule has 2 atom stereocenters. The minimum Gasteiger partial charge on any atom is -0.444 e. The van der Waals surface area contributed by atoms with Gasteiger partial charge in [0.1, 0.15) is 21.4 Å². The van der Waals surface area contributed by atoms with E-state index in [1.807, 2.05) is 0 Å². The molecule has 14 heteroatoms. The van der Waals surface area contributed by atoms with Gasteiger partial charge in [-0.2, -0.15) is 0 Å². The number of nitrogens with one attached hydrogen (secondary N) is 3. The van der Waals surface area contributed by atoms with E-state index in [2.05, 4.69) is 22.5 Å². The summed E-state index contributed by atoms with van der Waals surface area (Å²) in [7, 11) is 0. The van der Waals surface area contributed by atoms with Gasteiger partial charge < -0.3 is 15.4 Å². The number of anilines is 3. The van der Waals surface area contributed by atoms with E-state index in [1.165, 1.54) is 30.4 Å². The van der Waals surface area contributed by atoms with Crippen molar-refractivity contribution in [2.45, 2.75) is 37.6 Å². The minimum atomic E-state index is -1.48. The van der Waals surface area contributed by atoms with Gasteiger partial charge in [0, 0.05) is 21.7 Å². The molecule has 3 rings (SSSR count). The van der Waals surface area contributed by atoms with Crippen molar-refractivity contribution in [2.75, 3.05) is 16.0 Å². The van der Waals surface area contributed by atoms with Crippen molar-refractivity contribution in [3.05, 3.63) is 86.9 Å². The van der Waals surface area contributed by atoms with Crippen LogP contribution in [0.3, 0.4) is 0 Å². The van der Waals surface area contributed by atoms with E-state index >= 15 is 4.39 Å². The fourth-order valence-electron chi connectivity index (χ4n) is 3.97. The van der Waals surface area contributed by atoms with E-state index in [1.54, 1.807) is 27.7 Å². The van der Waals surface area contributed by atoms with Gasteiger partial charge in [-0.25, -0.2) is 13.6 Å². The van der Waals surface area contributed by atoms with E-state index < -0.39 is 62.7 Å². The number of allylic oxidation sites excluding steroid dienone is 5. The van der Waals surface area contributed by atoms with Crippen LogP contribution in [0.5, 0.6) is 0 Å². The monoisotopic (exact) mass is 693 g/mol. The van der Waals surface area contributed by atoms with Gasteiger partial charge in [-0.1, -0.05) is 41.4 Å². The summed E-state index contributed by atoms with van der Waals surface area (Å²) in [6.07, 6.45) is 2.00. The number of carbonyl (C=O) groups excluding carboxylic acids is 3. The van der Waals surface area contributed by atoms with E-state index in [0.717, 1.165) is 12.1 Å². The lowest BCUT2D eigenvalue weighted by Gasteiger charge is -2.20. The summed E-state index contributed by atoms with van der Waals surface area (Å²) in [4.78, 5) is 38.1. The molecule has 3 N–H and O–H groups in total. The zero-order valence-corrected chi connectivity index (χ0v) is 27.0. The molecule has 0 heterocycles. The Bertz CT molecular complexity index is 1550. The molecule has 230 valence electrons. The molecule has 43 heavy (non-hydrogen) atoms. The zero-order valence-electron chi connectivity index (χ0n) is 23.2. The van der Waals surface area contributed by atoms with Gasteiger partial charge >= 0.3 is 6.09 Å². The maximum absolute atomic E-state index is 15.1. The highest BCUT2D eigenvalue weighted by atomic mass is 35.5. The molecule has 1 aliphatic rings. The maximum Gasteiger partial charge on any atom is 0.412 e. The molecule has 1 aliphatic carbocycles. The van der Waals surface area contributed by atoms with Crippen molar-refractivity contribution in [2.24, 2.45) is 11.8 Å². The van der Waals surface area contributed by atoms with Crippen molar-refractivity contribution < 1.29 is 27.9 Å². The largest absolute Gasteiger partial charge is 0.444 e. The highest BCUT2D eigenvalue weighted by molar-refractivity contribution is 6.53. The molecule has 2 aromatic rings. The number of ether oxygens (including phenoxy) is 1. The summed E-state index contributed by atoms with van der Waals surface area (Å²) < 4.78 is 33.2. The second kappa shape index (κ2) is 13.4. The third kappa shape index (κ3) is 8.86. The molecular formula is C29H26Cl5F2N3O4. The van der Waals surface area contributed by atoms with Crippen molar-refractivity contribution in [1.29, 1.82) is 0 Å². The summed E-state index contributed by atoms with van der Waals surface area (Å²) >= 11 is 30.8. The van der Waals surface area contributed by atoms with Crippen molar-refractivity contribution in [1.82, 2.24) is 0 Å². The van der Waals surface area contributed by atoms with Crippen LogP contribution in [0.15, 0.2) is 64.7 Å². The molecule has 0 unspecified atom stereocenters. The van der Waals surface area contributed by atoms with Crippen LogP contribution in [0, 0.1) is 23.5 Å². The Labute approximate surface area is 272 Å². The Kier molecular flexibility index (Phi) is 10.8. The van der Waals surface area contributed by atoms with Crippen LogP contribution in [0.1, 0.15) is 38.1 Å². The fraction of sp³-hybridized carbons (Fsp3) is 0.276. The van der Waals surface area contributed by atoms with Crippen LogP contribution < -0.4 is 16.0 Å². The van der Waals surface area contributed by atoms with Gasteiger partial charge in [0.15, 0.2) is 5.82 Å². The molecule has 7 nitrogen and oxygen atoms in total. The number of benzene rings is 2. The SMILES string of the molecule is C=C(/C=C(Cl)\C=C(/C)Cl)[C@H]1[C@H](C(=O)Nc2ccc(Cl)c(C(=O)Nc3c(F)ccc(NC(=O)OC(C)(C)C)c3F)c2)C1(Cl)Cl. The van der Waals surface area contributed by atoms with Gasteiger partial charge in [0.05, 0.1) is 22.2 Å². The van der Waals surface area contributed by atoms with Gasteiger partial charge in [-0.15, -0.1) is 23.2 Å². The van der Waals surface area contributed by atoms with E-state index in [4.69, 9.17) is 62.7 Å². The number of halogens is 7. The average Bonchev–Trinajstić information content (AvgIpc) is 3.45. The Morgan fingerprint density at radius 1 is 1.00 bits per heavy atom. The molecule has 2 aromatic carbocycles. The van der Waals surface area contributed by atoms with Crippen LogP contribution in [0.4, 0.5) is 30.6 Å². The van der Waals surface area contributed by atoms with E-state index in [-0.39, 0.29) is 21.3 Å². The molecule has 0 aliphatic heterocycles. The van der Waals surface area contributed by atoms with E-state index in [9.17, 15) is 18.8 Å². The molecule has 1 saturated carbocycles. The van der Waals surface area contributed by atoms with Gasteiger partial charge in [-0.05, 0) is 75.8 Å². The summed E-state index contributed by atoms with van der Waals surface area (Å²) in [5.74, 6) is -5.55. The summed E-state index contributed by atoms with van der Waals surface area (Å²) in [5, 5.41) is 7.50. The second-order valence-corrected chi connectivity index (χ2v) is 13.4. The number of carbonyl (C=O) groups is 3. The van der Waals surface area contributed by atoms with Gasteiger partial charge in [0.25, 0.3) is 5.91 Å². The summed E-state index contributed by atoms with van der Waals surface area (Å²) in [6, 6.07) is 5.74. The molecule has 1 fully saturated rings. The molecule has 0 bridgehead atoms. The standard InChI is InChI=1S/C29H26Cl5F2N3O4/c1-13(10-15(31)11-14(2)30)21-22(29(21,33)34)26(41)37-16-6-7-18(32)17(12-16)25(40)39-24-19(35)8-9-20(23(24)36)38-27(42)43-28(3,4)5/h6-12,21-22H,1H2,2-5H3,(H,37,41)(H,38,42)(H,39,40)/b14-11+,15-10+/t21-,22+/m0/s1. The first-order chi connectivity index (χ1) is 19.8. The Morgan fingerprint density at radius 2 is 1.65 bits per heavy atom. The Hall–Kier alpha value is -2.82. The highest BCUT2D eigenvalue weighted by Crippen LogP contribution is 2.62. The number of amides is 3.